The van der Waals surface area contributed by atoms with Crippen LogP contribution in [0.5, 0.6) is 5.75 Å². The molecule has 0 N–H and O–H groups in total. The molecule has 80 valence electrons. The number of ketones is 1. The maximum absolute atomic E-state index is 13.3. The van der Waals surface area contributed by atoms with Crippen molar-refractivity contribution in [2.24, 2.45) is 0 Å². The number of ether oxygens (including phenoxy) is 1. The first-order valence-corrected chi connectivity index (χ1v) is 4.62. The van der Waals surface area contributed by atoms with Gasteiger partial charge in [0.25, 0.3) is 0 Å². The molecule has 1 aliphatic heterocycles. The molecule has 0 spiro atoms. The molecule has 0 aliphatic carbocycles. The van der Waals surface area contributed by atoms with Crippen molar-refractivity contribution < 1.29 is 18.3 Å². The summed E-state index contributed by atoms with van der Waals surface area (Å²) < 4.78 is 31.2. The molecule has 0 saturated carbocycles. The van der Waals surface area contributed by atoms with Crippen molar-refractivity contribution in [1.82, 2.24) is 0 Å². The van der Waals surface area contributed by atoms with Crippen molar-refractivity contribution in [2.45, 2.75) is 18.9 Å². The normalized spacial score (nSPS) is 24.6. The van der Waals surface area contributed by atoms with Crippen LogP contribution in [0.15, 0.2) is 18.2 Å². The second kappa shape index (κ2) is 3.29. The van der Waals surface area contributed by atoms with Crippen LogP contribution in [0, 0.1) is 5.82 Å². The highest BCUT2D eigenvalue weighted by Gasteiger charge is 2.37. The fourth-order valence-electron chi connectivity index (χ4n) is 1.62. The van der Waals surface area contributed by atoms with E-state index in [0.29, 0.717) is 0 Å². The third kappa shape index (κ3) is 1.60. The van der Waals surface area contributed by atoms with Crippen molar-refractivity contribution >= 4 is 5.78 Å². The molecule has 0 radical (unpaired) electrons. The zero-order chi connectivity index (χ0) is 11.1. The first-order chi connectivity index (χ1) is 7.06. The summed E-state index contributed by atoms with van der Waals surface area (Å²) in [6.45, 7) is 0.646. The van der Waals surface area contributed by atoms with E-state index in [0.717, 1.165) is 0 Å². The van der Waals surface area contributed by atoms with Gasteiger partial charge in [-0.15, -0.1) is 0 Å². The minimum Gasteiger partial charge on any atom is -0.481 e. The lowest BCUT2D eigenvalue weighted by atomic mass is 9.92. The highest BCUT2D eigenvalue weighted by atomic mass is 19.1. The lowest BCUT2D eigenvalue weighted by Gasteiger charge is -2.32. The Bertz CT molecular complexity index is 417. The molecule has 0 amide bonds. The zero-order valence-electron chi connectivity index (χ0n) is 8.22. The summed E-state index contributed by atoms with van der Waals surface area (Å²) in [5.74, 6) is -1.04. The molecule has 2 rings (SSSR count). The third-order valence-corrected chi connectivity index (χ3v) is 2.43. The van der Waals surface area contributed by atoms with Crippen molar-refractivity contribution in [3.63, 3.8) is 0 Å². The topological polar surface area (TPSA) is 26.3 Å². The van der Waals surface area contributed by atoms with E-state index in [4.69, 9.17) is 4.74 Å². The zero-order valence-corrected chi connectivity index (χ0v) is 8.22. The minimum atomic E-state index is -1.23. The van der Waals surface area contributed by atoms with Gasteiger partial charge in [-0.1, -0.05) is 6.07 Å². The molecule has 1 aromatic carbocycles. The van der Waals surface area contributed by atoms with Crippen LogP contribution in [-0.4, -0.2) is 18.1 Å². The molecule has 0 aromatic heterocycles. The molecule has 1 aromatic rings. The fourth-order valence-corrected chi connectivity index (χ4v) is 1.62. The van der Waals surface area contributed by atoms with Crippen LogP contribution in [0.4, 0.5) is 8.78 Å². The van der Waals surface area contributed by atoms with E-state index in [2.05, 4.69) is 0 Å². The van der Waals surface area contributed by atoms with Gasteiger partial charge in [-0.05, 0) is 19.1 Å². The number of hydrogen-bond acceptors (Lipinski definition) is 2. The monoisotopic (exact) mass is 212 g/mol. The summed E-state index contributed by atoms with van der Waals surface area (Å²) in [4.78, 5) is 11.6. The Morgan fingerprint density at radius 2 is 2.27 bits per heavy atom. The number of carbonyl (C=O) groups is 1. The number of Topliss-reactive ketones (excluding diaryl/α,β-unsaturated/α-hetero) is 1. The Balaban J connectivity index is 2.51. The van der Waals surface area contributed by atoms with Crippen LogP contribution in [0.1, 0.15) is 23.7 Å². The first kappa shape index (κ1) is 10.1. The number of rotatable bonds is 1. The van der Waals surface area contributed by atoms with E-state index in [9.17, 15) is 13.6 Å². The molecule has 1 heterocycles. The van der Waals surface area contributed by atoms with Crippen LogP contribution < -0.4 is 4.74 Å². The molecule has 0 fully saturated rings. The van der Waals surface area contributed by atoms with Crippen LogP contribution in [0.2, 0.25) is 0 Å². The Kier molecular flexibility index (Phi) is 2.21. The number of fused-ring (bicyclic) bond motifs is 1. The standard InChI is InChI=1S/C11H10F2O2/c1-11(6-12)5-9(14)7-3-2-4-8(13)10(7)15-11/h2-4H,5-6H2,1H3. The minimum absolute atomic E-state index is 0.0556. The Hall–Kier alpha value is -1.45. The van der Waals surface area contributed by atoms with Gasteiger partial charge in [0.05, 0.1) is 12.0 Å². The van der Waals surface area contributed by atoms with E-state index in [-0.39, 0.29) is 23.5 Å². The van der Waals surface area contributed by atoms with Gasteiger partial charge in [-0.2, -0.15) is 0 Å². The first-order valence-electron chi connectivity index (χ1n) is 4.62. The van der Waals surface area contributed by atoms with E-state index in [1.54, 1.807) is 0 Å². The largest absolute Gasteiger partial charge is 0.481 e. The van der Waals surface area contributed by atoms with E-state index < -0.39 is 18.1 Å². The third-order valence-electron chi connectivity index (χ3n) is 2.43. The van der Waals surface area contributed by atoms with E-state index in [1.165, 1.54) is 25.1 Å². The summed E-state index contributed by atoms with van der Waals surface area (Å²) in [7, 11) is 0. The van der Waals surface area contributed by atoms with Crippen LogP contribution >= 0.6 is 0 Å². The molecular weight excluding hydrogens is 202 g/mol. The van der Waals surface area contributed by atoms with Crippen LogP contribution in [0.3, 0.4) is 0 Å². The summed E-state index contributed by atoms with van der Waals surface area (Å²) >= 11 is 0. The number of carbonyl (C=O) groups excluding carboxylic acids is 1. The van der Waals surface area contributed by atoms with Gasteiger partial charge in [-0.3, -0.25) is 4.79 Å². The molecule has 0 bridgehead atoms. The molecule has 1 atom stereocenters. The molecule has 4 heteroatoms. The van der Waals surface area contributed by atoms with Gasteiger partial charge in [0.1, 0.15) is 12.3 Å². The average molecular weight is 212 g/mol. The van der Waals surface area contributed by atoms with Gasteiger partial charge in [0, 0.05) is 0 Å². The second-order valence-electron chi connectivity index (χ2n) is 3.90. The van der Waals surface area contributed by atoms with Gasteiger partial charge in [0.15, 0.2) is 17.3 Å². The Morgan fingerprint density at radius 3 is 2.93 bits per heavy atom. The van der Waals surface area contributed by atoms with Gasteiger partial charge < -0.3 is 4.74 Å². The fraction of sp³-hybridized carbons (Fsp3) is 0.364. The quantitative estimate of drug-likeness (QED) is 0.715. The predicted molar refractivity (Wildman–Crippen MR) is 50.4 cm³/mol. The lowest BCUT2D eigenvalue weighted by Crippen LogP contribution is -2.41. The second-order valence-corrected chi connectivity index (χ2v) is 3.90. The molecule has 1 aliphatic rings. The molecule has 15 heavy (non-hydrogen) atoms. The average Bonchev–Trinajstić information content (AvgIpc) is 2.20. The number of hydrogen-bond donors (Lipinski definition) is 0. The molecule has 2 nitrogen and oxygen atoms in total. The maximum atomic E-state index is 13.3. The van der Waals surface area contributed by atoms with Crippen molar-refractivity contribution in [3.05, 3.63) is 29.6 Å². The summed E-state index contributed by atoms with van der Waals surface area (Å²) in [5.41, 5.74) is -1.03. The van der Waals surface area contributed by atoms with Gasteiger partial charge in [-0.25, -0.2) is 8.78 Å². The number of benzene rings is 1. The number of alkyl halides is 1. The molecule has 0 saturated heterocycles. The predicted octanol–water partition coefficient (Wildman–Crippen LogP) is 2.52. The molecular formula is C11H10F2O2. The van der Waals surface area contributed by atoms with E-state index >= 15 is 0 Å². The highest BCUT2D eigenvalue weighted by molar-refractivity contribution is 6.00. The lowest BCUT2D eigenvalue weighted by molar-refractivity contribution is 0.0326. The smallest absolute Gasteiger partial charge is 0.170 e. The van der Waals surface area contributed by atoms with Crippen LogP contribution in [0.25, 0.3) is 0 Å². The van der Waals surface area contributed by atoms with Crippen molar-refractivity contribution in [3.8, 4) is 5.75 Å². The number of para-hydroxylation sites is 1. The van der Waals surface area contributed by atoms with Crippen molar-refractivity contribution in [1.29, 1.82) is 0 Å². The summed E-state index contributed by atoms with van der Waals surface area (Å²) in [6.07, 6.45) is -0.0556. The highest BCUT2D eigenvalue weighted by Crippen LogP contribution is 2.35. The summed E-state index contributed by atoms with van der Waals surface area (Å²) in [5, 5.41) is 0. The Labute approximate surface area is 85.9 Å². The maximum Gasteiger partial charge on any atom is 0.170 e. The van der Waals surface area contributed by atoms with Crippen molar-refractivity contribution in [2.75, 3.05) is 6.67 Å². The van der Waals surface area contributed by atoms with Gasteiger partial charge in [0.2, 0.25) is 0 Å². The number of halogens is 2. The summed E-state index contributed by atoms with van der Waals surface area (Å²) in [6, 6.07) is 4.11. The Morgan fingerprint density at radius 1 is 1.53 bits per heavy atom. The molecule has 1 unspecified atom stereocenters. The SMILES string of the molecule is CC1(CF)CC(=O)c2cccc(F)c2O1. The van der Waals surface area contributed by atoms with Crippen LogP contribution in [-0.2, 0) is 0 Å². The van der Waals surface area contributed by atoms with Gasteiger partial charge >= 0.3 is 0 Å². The van der Waals surface area contributed by atoms with E-state index in [1.807, 2.05) is 0 Å².